The van der Waals surface area contributed by atoms with Crippen molar-refractivity contribution in [1.29, 1.82) is 0 Å². The van der Waals surface area contributed by atoms with Crippen molar-refractivity contribution in [2.75, 3.05) is 32.7 Å². The van der Waals surface area contributed by atoms with E-state index in [1.807, 2.05) is 6.92 Å². The van der Waals surface area contributed by atoms with E-state index in [1.54, 1.807) is 0 Å². The third kappa shape index (κ3) is 4.81. The van der Waals surface area contributed by atoms with Gasteiger partial charge in [-0.05, 0) is 31.7 Å². The molecule has 0 aromatic rings. The molecule has 0 aromatic carbocycles. The maximum Gasteiger partial charge on any atom is 0.0644 e. The Labute approximate surface area is 100 Å². The molecule has 16 heavy (non-hydrogen) atoms. The van der Waals surface area contributed by atoms with Gasteiger partial charge in [-0.1, -0.05) is 20.8 Å². The lowest BCUT2D eigenvalue weighted by Gasteiger charge is -2.39. The molecule has 1 aliphatic heterocycles. The van der Waals surface area contributed by atoms with E-state index in [1.165, 1.54) is 0 Å². The van der Waals surface area contributed by atoms with Crippen molar-refractivity contribution in [3.05, 3.63) is 0 Å². The van der Waals surface area contributed by atoms with Crippen LogP contribution in [0.4, 0.5) is 0 Å². The fourth-order valence-corrected chi connectivity index (χ4v) is 2.32. The van der Waals surface area contributed by atoms with Gasteiger partial charge in [0.2, 0.25) is 0 Å². The zero-order valence-electron chi connectivity index (χ0n) is 11.3. The van der Waals surface area contributed by atoms with E-state index in [9.17, 15) is 5.11 Å². The van der Waals surface area contributed by atoms with Crippen molar-refractivity contribution < 1.29 is 5.11 Å². The molecule has 96 valence electrons. The van der Waals surface area contributed by atoms with E-state index in [0.29, 0.717) is 5.41 Å². The third-order valence-corrected chi connectivity index (χ3v) is 3.44. The van der Waals surface area contributed by atoms with Gasteiger partial charge in [0.05, 0.1) is 5.60 Å². The topological polar surface area (TPSA) is 35.5 Å². The van der Waals surface area contributed by atoms with Gasteiger partial charge in [-0.25, -0.2) is 0 Å². The van der Waals surface area contributed by atoms with Gasteiger partial charge in [0, 0.05) is 26.2 Å². The van der Waals surface area contributed by atoms with E-state index in [0.717, 1.165) is 45.6 Å². The Kier molecular flexibility index (Phi) is 4.77. The Morgan fingerprint density at radius 1 is 1.31 bits per heavy atom. The minimum Gasteiger partial charge on any atom is -0.390 e. The van der Waals surface area contributed by atoms with Gasteiger partial charge in [-0.15, -0.1) is 0 Å². The standard InChI is InChI=1S/C13H28N2O/c1-5-14-10-12(2,3)11-15-8-6-13(4,16)7-9-15/h14,16H,5-11H2,1-4H3. The van der Waals surface area contributed by atoms with E-state index >= 15 is 0 Å². The highest BCUT2D eigenvalue weighted by Gasteiger charge is 2.30. The first kappa shape index (κ1) is 13.9. The summed E-state index contributed by atoms with van der Waals surface area (Å²) >= 11 is 0. The highest BCUT2D eigenvalue weighted by molar-refractivity contribution is 4.84. The molecule has 1 rings (SSSR count). The number of hydrogen-bond acceptors (Lipinski definition) is 3. The van der Waals surface area contributed by atoms with Gasteiger partial charge in [0.25, 0.3) is 0 Å². The second-order valence-corrected chi connectivity index (χ2v) is 6.22. The van der Waals surface area contributed by atoms with Gasteiger partial charge in [0.15, 0.2) is 0 Å². The molecule has 0 radical (unpaired) electrons. The zero-order valence-corrected chi connectivity index (χ0v) is 11.3. The SMILES string of the molecule is CCNCC(C)(C)CN1CCC(C)(O)CC1. The summed E-state index contributed by atoms with van der Waals surface area (Å²) in [7, 11) is 0. The number of piperidine rings is 1. The van der Waals surface area contributed by atoms with Crippen molar-refractivity contribution in [3.63, 3.8) is 0 Å². The molecule has 1 aliphatic rings. The van der Waals surface area contributed by atoms with Crippen LogP contribution in [0.3, 0.4) is 0 Å². The van der Waals surface area contributed by atoms with Crippen molar-refractivity contribution in [2.24, 2.45) is 5.41 Å². The minimum absolute atomic E-state index is 0.319. The quantitative estimate of drug-likeness (QED) is 0.748. The van der Waals surface area contributed by atoms with Crippen LogP contribution >= 0.6 is 0 Å². The summed E-state index contributed by atoms with van der Waals surface area (Å²) in [4.78, 5) is 2.48. The van der Waals surface area contributed by atoms with Gasteiger partial charge in [0.1, 0.15) is 0 Å². The summed E-state index contributed by atoms with van der Waals surface area (Å²) in [6.45, 7) is 14.0. The second kappa shape index (κ2) is 5.48. The van der Waals surface area contributed by atoms with Crippen LogP contribution in [-0.4, -0.2) is 48.3 Å². The lowest BCUT2D eigenvalue weighted by Crippen LogP contribution is -2.47. The molecule has 1 heterocycles. The summed E-state index contributed by atoms with van der Waals surface area (Å²) in [5.41, 5.74) is -0.110. The molecule has 0 spiro atoms. The predicted octanol–water partition coefficient (Wildman–Crippen LogP) is 1.47. The maximum absolute atomic E-state index is 9.89. The Morgan fingerprint density at radius 2 is 1.88 bits per heavy atom. The Bertz CT molecular complexity index is 204. The van der Waals surface area contributed by atoms with Crippen molar-refractivity contribution in [1.82, 2.24) is 10.2 Å². The fraction of sp³-hybridized carbons (Fsp3) is 1.00. The van der Waals surface area contributed by atoms with Crippen LogP contribution in [0.5, 0.6) is 0 Å². The Balaban J connectivity index is 2.32. The molecule has 0 bridgehead atoms. The number of likely N-dealkylation sites (tertiary alicyclic amines) is 1. The summed E-state index contributed by atoms with van der Waals surface area (Å²) in [6, 6.07) is 0. The van der Waals surface area contributed by atoms with Crippen LogP contribution in [0, 0.1) is 5.41 Å². The molecule has 0 amide bonds. The van der Waals surface area contributed by atoms with Crippen molar-refractivity contribution >= 4 is 0 Å². The normalized spacial score (nSPS) is 22.3. The van der Waals surface area contributed by atoms with Crippen LogP contribution < -0.4 is 5.32 Å². The number of rotatable bonds is 5. The van der Waals surface area contributed by atoms with Crippen LogP contribution in [-0.2, 0) is 0 Å². The zero-order chi connectivity index (χ0) is 12.2. The van der Waals surface area contributed by atoms with Gasteiger partial charge in [-0.3, -0.25) is 0 Å². The van der Waals surface area contributed by atoms with Crippen molar-refractivity contribution in [3.8, 4) is 0 Å². The third-order valence-electron chi connectivity index (χ3n) is 3.44. The number of aliphatic hydroxyl groups is 1. The summed E-state index contributed by atoms with van der Waals surface area (Å²) in [5, 5.41) is 13.3. The van der Waals surface area contributed by atoms with Crippen LogP contribution in [0.2, 0.25) is 0 Å². The van der Waals surface area contributed by atoms with Gasteiger partial charge < -0.3 is 15.3 Å². The first-order valence-electron chi connectivity index (χ1n) is 6.50. The van der Waals surface area contributed by atoms with Crippen LogP contribution in [0.1, 0.15) is 40.5 Å². The van der Waals surface area contributed by atoms with Gasteiger partial charge in [-0.2, -0.15) is 0 Å². The first-order chi connectivity index (χ1) is 7.35. The van der Waals surface area contributed by atoms with E-state index in [2.05, 4.69) is 31.0 Å². The fourth-order valence-electron chi connectivity index (χ4n) is 2.32. The molecular formula is C13H28N2O. The Hall–Kier alpha value is -0.120. The first-order valence-corrected chi connectivity index (χ1v) is 6.50. The van der Waals surface area contributed by atoms with Gasteiger partial charge >= 0.3 is 0 Å². The number of hydrogen-bond donors (Lipinski definition) is 2. The highest BCUT2D eigenvalue weighted by Crippen LogP contribution is 2.24. The predicted molar refractivity (Wildman–Crippen MR) is 68.6 cm³/mol. The average Bonchev–Trinajstić information content (AvgIpc) is 2.18. The number of nitrogens with zero attached hydrogens (tertiary/aromatic N) is 1. The highest BCUT2D eigenvalue weighted by atomic mass is 16.3. The van der Waals surface area contributed by atoms with Crippen molar-refractivity contribution in [2.45, 2.75) is 46.1 Å². The molecule has 3 heteroatoms. The summed E-state index contributed by atoms with van der Waals surface area (Å²) < 4.78 is 0. The number of nitrogens with one attached hydrogen (secondary N) is 1. The lowest BCUT2D eigenvalue weighted by molar-refractivity contribution is -0.0133. The molecule has 0 saturated carbocycles. The maximum atomic E-state index is 9.89. The molecule has 1 saturated heterocycles. The Morgan fingerprint density at radius 3 is 2.38 bits per heavy atom. The minimum atomic E-state index is -0.428. The second-order valence-electron chi connectivity index (χ2n) is 6.22. The van der Waals surface area contributed by atoms with E-state index in [4.69, 9.17) is 0 Å². The molecular weight excluding hydrogens is 200 g/mol. The molecule has 1 fully saturated rings. The molecule has 3 nitrogen and oxygen atoms in total. The van der Waals surface area contributed by atoms with E-state index < -0.39 is 5.60 Å². The molecule has 0 atom stereocenters. The molecule has 2 N–H and O–H groups in total. The van der Waals surface area contributed by atoms with Crippen LogP contribution in [0.25, 0.3) is 0 Å². The van der Waals surface area contributed by atoms with E-state index in [-0.39, 0.29) is 0 Å². The largest absolute Gasteiger partial charge is 0.390 e. The summed E-state index contributed by atoms with van der Waals surface area (Å²) in [5.74, 6) is 0. The molecule has 0 aromatic heterocycles. The molecule has 0 unspecified atom stereocenters. The molecule has 0 aliphatic carbocycles. The van der Waals surface area contributed by atoms with Crippen LogP contribution in [0.15, 0.2) is 0 Å². The lowest BCUT2D eigenvalue weighted by atomic mass is 9.89. The summed E-state index contributed by atoms with van der Waals surface area (Å²) in [6.07, 6.45) is 1.81. The average molecular weight is 228 g/mol. The monoisotopic (exact) mass is 228 g/mol. The smallest absolute Gasteiger partial charge is 0.0644 e.